The van der Waals surface area contributed by atoms with Gasteiger partial charge in [-0.25, -0.2) is 4.79 Å². The molecule has 1 aromatic carbocycles. The number of halogens is 3. The van der Waals surface area contributed by atoms with Crippen LogP contribution in [-0.4, -0.2) is 24.7 Å². The first-order chi connectivity index (χ1) is 10.9. The lowest BCUT2D eigenvalue weighted by Crippen LogP contribution is -2.42. The molecule has 1 aliphatic carbocycles. The number of nitrogen functional groups attached to an aromatic ring is 1. The van der Waals surface area contributed by atoms with Gasteiger partial charge in [0.25, 0.3) is 0 Å². The van der Waals surface area contributed by atoms with Crippen LogP contribution in [0.2, 0.25) is 0 Å². The Morgan fingerprint density at radius 1 is 1.29 bits per heavy atom. The number of carbonyl (C=O) groups excluding carboxylic acids is 1. The molecule has 0 bridgehead atoms. The summed E-state index contributed by atoms with van der Waals surface area (Å²) in [5.41, 5.74) is 4.02. The summed E-state index contributed by atoms with van der Waals surface area (Å²) < 4.78 is 45.0. The van der Waals surface area contributed by atoms with E-state index in [4.69, 9.17) is 10.5 Å². The van der Waals surface area contributed by atoms with Crippen molar-refractivity contribution in [3.05, 3.63) is 17.7 Å². The van der Waals surface area contributed by atoms with Crippen LogP contribution in [0.1, 0.15) is 39.2 Å². The Kier molecular flexibility index (Phi) is 4.61. The first-order valence-electron chi connectivity index (χ1n) is 7.62. The van der Waals surface area contributed by atoms with Gasteiger partial charge in [-0.3, -0.25) is 0 Å². The van der Waals surface area contributed by atoms with Crippen molar-refractivity contribution in [2.24, 2.45) is 0 Å². The van der Waals surface area contributed by atoms with Gasteiger partial charge in [-0.05, 0) is 39.7 Å². The third kappa shape index (κ3) is 4.46. The van der Waals surface area contributed by atoms with E-state index < -0.39 is 23.4 Å². The standard InChI is InChI=1S/C16H22F3N3O2/c1-15(2,3)21-14(23)24-13-8-12(22(4)9-5-6-9)10(7-11(13)20)16(17,18)19/h7-9H,5-6,20H2,1-4H3,(H,21,23). The molecule has 0 heterocycles. The number of nitrogens with zero attached hydrogens (tertiary/aromatic N) is 1. The molecule has 134 valence electrons. The Morgan fingerprint density at radius 3 is 2.33 bits per heavy atom. The van der Waals surface area contributed by atoms with Gasteiger partial charge in [0.05, 0.1) is 16.9 Å². The molecule has 0 atom stereocenters. The summed E-state index contributed by atoms with van der Waals surface area (Å²) in [6.45, 7) is 5.28. The summed E-state index contributed by atoms with van der Waals surface area (Å²) in [5, 5.41) is 2.57. The van der Waals surface area contributed by atoms with Gasteiger partial charge in [-0.15, -0.1) is 0 Å². The number of carbonyl (C=O) groups is 1. The van der Waals surface area contributed by atoms with E-state index in [1.54, 1.807) is 32.7 Å². The van der Waals surface area contributed by atoms with Crippen molar-refractivity contribution in [3.63, 3.8) is 0 Å². The molecule has 0 aliphatic heterocycles. The van der Waals surface area contributed by atoms with Crippen LogP contribution in [0.5, 0.6) is 5.75 Å². The van der Waals surface area contributed by atoms with Gasteiger partial charge < -0.3 is 20.7 Å². The van der Waals surface area contributed by atoms with E-state index in [0.29, 0.717) is 0 Å². The van der Waals surface area contributed by atoms with Gasteiger partial charge in [0.2, 0.25) is 0 Å². The third-order valence-electron chi connectivity index (χ3n) is 3.59. The fraction of sp³-hybridized carbons (Fsp3) is 0.562. The van der Waals surface area contributed by atoms with E-state index in [2.05, 4.69) is 5.32 Å². The van der Waals surface area contributed by atoms with Crippen molar-refractivity contribution in [1.82, 2.24) is 5.32 Å². The van der Waals surface area contributed by atoms with E-state index in [9.17, 15) is 18.0 Å². The Morgan fingerprint density at radius 2 is 1.88 bits per heavy atom. The highest BCUT2D eigenvalue weighted by Crippen LogP contribution is 2.43. The number of rotatable bonds is 3. The van der Waals surface area contributed by atoms with Gasteiger partial charge >= 0.3 is 12.3 Å². The van der Waals surface area contributed by atoms with Gasteiger partial charge in [0.1, 0.15) is 0 Å². The van der Waals surface area contributed by atoms with Gasteiger partial charge in [0, 0.05) is 24.7 Å². The number of benzene rings is 1. The Labute approximate surface area is 138 Å². The summed E-state index contributed by atoms with van der Waals surface area (Å²) in [6.07, 6.45) is -3.65. The third-order valence-corrected chi connectivity index (χ3v) is 3.59. The molecular formula is C16H22F3N3O2. The molecule has 5 nitrogen and oxygen atoms in total. The summed E-state index contributed by atoms with van der Waals surface area (Å²) in [5.74, 6) is -0.0905. The van der Waals surface area contributed by atoms with Crippen LogP contribution in [0.3, 0.4) is 0 Å². The number of amides is 1. The number of nitrogens with two attached hydrogens (primary N) is 1. The van der Waals surface area contributed by atoms with Crippen LogP contribution in [0.15, 0.2) is 12.1 Å². The zero-order valence-corrected chi connectivity index (χ0v) is 14.1. The van der Waals surface area contributed by atoms with Crippen LogP contribution in [-0.2, 0) is 6.18 Å². The number of ether oxygens (including phenoxy) is 1. The topological polar surface area (TPSA) is 67.6 Å². The van der Waals surface area contributed by atoms with Crippen molar-refractivity contribution < 1.29 is 22.7 Å². The zero-order chi connectivity index (χ0) is 18.3. The van der Waals surface area contributed by atoms with Crippen LogP contribution in [0.4, 0.5) is 29.3 Å². The molecular weight excluding hydrogens is 323 g/mol. The Balaban J connectivity index is 2.36. The van der Waals surface area contributed by atoms with Gasteiger partial charge in [-0.2, -0.15) is 13.2 Å². The lowest BCUT2D eigenvalue weighted by Gasteiger charge is -2.25. The second-order valence-corrected chi connectivity index (χ2v) is 7.01. The summed E-state index contributed by atoms with van der Waals surface area (Å²) in [7, 11) is 1.59. The summed E-state index contributed by atoms with van der Waals surface area (Å²) >= 11 is 0. The largest absolute Gasteiger partial charge is 0.418 e. The van der Waals surface area contributed by atoms with E-state index in [0.717, 1.165) is 18.9 Å². The first kappa shape index (κ1) is 18.2. The lowest BCUT2D eigenvalue weighted by molar-refractivity contribution is -0.137. The second kappa shape index (κ2) is 6.07. The average molecular weight is 345 g/mol. The number of hydrogen-bond donors (Lipinski definition) is 2. The fourth-order valence-corrected chi connectivity index (χ4v) is 2.28. The molecule has 8 heteroatoms. The maximum atomic E-state index is 13.3. The monoisotopic (exact) mass is 345 g/mol. The first-order valence-corrected chi connectivity index (χ1v) is 7.62. The van der Waals surface area contributed by atoms with Gasteiger partial charge in [0.15, 0.2) is 5.75 Å². The van der Waals surface area contributed by atoms with Crippen LogP contribution in [0.25, 0.3) is 0 Å². The number of hydrogen-bond acceptors (Lipinski definition) is 4. The SMILES string of the molecule is CN(c1cc(OC(=O)NC(C)(C)C)c(N)cc1C(F)(F)F)C1CC1. The molecule has 1 aliphatic rings. The summed E-state index contributed by atoms with van der Waals surface area (Å²) in [4.78, 5) is 13.4. The molecule has 1 fully saturated rings. The molecule has 0 saturated heterocycles. The van der Waals surface area contributed by atoms with E-state index in [1.165, 1.54) is 6.07 Å². The Bertz CT molecular complexity index is 635. The Hall–Kier alpha value is -2.12. The van der Waals surface area contributed by atoms with Crippen LogP contribution < -0.4 is 20.7 Å². The van der Waals surface area contributed by atoms with Crippen molar-refractivity contribution in [2.75, 3.05) is 17.7 Å². The number of nitrogens with one attached hydrogen (secondary N) is 1. The lowest BCUT2D eigenvalue weighted by atomic mass is 10.1. The zero-order valence-electron chi connectivity index (χ0n) is 14.1. The van der Waals surface area contributed by atoms with Crippen LogP contribution >= 0.6 is 0 Å². The maximum Gasteiger partial charge on any atom is 0.418 e. The summed E-state index contributed by atoms with van der Waals surface area (Å²) in [6, 6.07) is 2.05. The normalized spacial score (nSPS) is 15.1. The number of anilines is 2. The van der Waals surface area contributed by atoms with Crippen molar-refractivity contribution in [1.29, 1.82) is 0 Å². The van der Waals surface area contributed by atoms with E-state index in [-0.39, 0.29) is 23.2 Å². The molecule has 0 radical (unpaired) electrons. The minimum Gasteiger partial charge on any atom is -0.408 e. The molecule has 2 rings (SSSR count). The van der Waals surface area contributed by atoms with Crippen molar-refractivity contribution >= 4 is 17.5 Å². The minimum absolute atomic E-state index is 0.0437. The molecule has 3 N–H and O–H groups in total. The highest BCUT2D eigenvalue weighted by atomic mass is 19.4. The van der Waals surface area contributed by atoms with Crippen molar-refractivity contribution in [2.45, 2.75) is 51.4 Å². The van der Waals surface area contributed by atoms with E-state index in [1.807, 2.05) is 0 Å². The minimum atomic E-state index is -4.54. The quantitative estimate of drug-likeness (QED) is 0.818. The van der Waals surface area contributed by atoms with Gasteiger partial charge in [-0.1, -0.05) is 0 Å². The molecule has 1 aromatic rings. The maximum absolute atomic E-state index is 13.3. The van der Waals surface area contributed by atoms with E-state index >= 15 is 0 Å². The molecule has 0 aromatic heterocycles. The van der Waals surface area contributed by atoms with Crippen molar-refractivity contribution in [3.8, 4) is 5.75 Å². The molecule has 1 amide bonds. The molecule has 0 spiro atoms. The molecule has 1 saturated carbocycles. The highest BCUT2D eigenvalue weighted by Gasteiger charge is 2.38. The average Bonchev–Trinajstić information content (AvgIpc) is 3.20. The number of alkyl halides is 3. The predicted octanol–water partition coefficient (Wildman–Crippen LogP) is 3.77. The highest BCUT2D eigenvalue weighted by molar-refractivity contribution is 5.76. The smallest absolute Gasteiger partial charge is 0.408 e. The fourth-order valence-electron chi connectivity index (χ4n) is 2.28. The molecule has 0 unspecified atom stereocenters. The predicted molar refractivity (Wildman–Crippen MR) is 86.2 cm³/mol. The van der Waals surface area contributed by atoms with Crippen LogP contribution in [0, 0.1) is 0 Å². The second-order valence-electron chi connectivity index (χ2n) is 7.01. The molecule has 24 heavy (non-hydrogen) atoms.